The standard InChI is InChI=1S/C15H17N3O4S/c19-15(20)12-5-3-11(4-6-12)8-18-9-14(16-17-18)13-2-1-7-23(21,22)10-13/h3-6,9,13H,1-2,7-8,10H2,(H,19,20). The monoisotopic (exact) mass is 335 g/mol. The minimum Gasteiger partial charge on any atom is -0.478 e. The number of sulfone groups is 1. The van der Waals surface area contributed by atoms with E-state index in [0.717, 1.165) is 12.0 Å². The highest BCUT2D eigenvalue weighted by molar-refractivity contribution is 7.91. The molecule has 1 aliphatic rings. The quantitative estimate of drug-likeness (QED) is 0.904. The summed E-state index contributed by atoms with van der Waals surface area (Å²) in [6.07, 6.45) is 3.25. The molecule has 1 atom stereocenters. The average molecular weight is 335 g/mol. The Morgan fingerprint density at radius 1 is 1.30 bits per heavy atom. The first kappa shape index (κ1) is 15.7. The number of aromatic nitrogens is 3. The van der Waals surface area contributed by atoms with E-state index in [4.69, 9.17) is 5.11 Å². The molecule has 1 aromatic heterocycles. The number of aromatic carboxylic acids is 1. The lowest BCUT2D eigenvalue weighted by Gasteiger charge is -2.19. The molecule has 1 N–H and O–H groups in total. The lowest BCUT2D eigenvalue weighted by Crippen LogP contribution is -2.23. The van der Waals surface area contributed by atoms with Crippen molar-refractivity contribution in [1.82, 2.24) is 15.0 Å². The molecule has 0 amide bonds. The number of carbonyl (C=O) groups is 1. The third-order valence-electron chi connectivity index (χ3n) is 3.98. The van der Waals surface area contributed by atoms with Crippen molar-refractivity contribution in [2.45, 2.75) is 25.3 Å². The molecule has 122 valence electrons. The van der Waals surface area contributed by atoms with Gasteiger partial charge in [0, 0.05) is 12.1 Å². The lowest BCUT2D eigenvalue weighted by atomic mass is 10.0. The SMILES string of the molecule is O=C(O)c1ccc(Cn2cc(C3CCCS(=O)(=O)C3)nn2)cc1. The number of rotatable bonds is 4. The predicted octanol–water partition coefficient (Wildman–Crippen LogP) is 1.32. The van der Waals surface area contributed by atoms with Crippen LogP contribution in [0.5, 0.6) is 0 Å². The molecule has 0 radical (unpaired) electrons. The Morgan fingerprint density at radius 2 is 2.04 bits per heavy atom. The molecule has 2 heterocycles. The number of hydrogen-bond donors (Lipinski definition) is 1. The molecule has 1 fully saturated rings. The molecule has 0 bridgehead atoms. The summed E-state index contributed by atoms with van der Waals surface area (Å²) in [4.78, 5) is 10.8. The highest BCUT2D eigenvalue weighted by Crippen LogP contribution is 2.26. The van der Waals surface area contributed by atoms with Gasteiger partial charge >= 0.3 is 5.97 Å². The van der Waals surface area contributed by atoms with Crippen LogP contribution in [-0.4, -0.2) is 46.0 Å². The maximum Gasteiger partial charge on any atom is 0.335 e. The molecule has 0 saturated carbocycles. The van der Waals surface area contributed by atoms with Crippen LogP contribution in [0.1, 0.15) is 40.4 Å². The Hall–Kier alpha value is -2.22. The van der Waals surface area contributed by atoms with Gasteiger partial charge in [-0.2, -0.15) is 0 Å². The summed E-state index contributed by atoms with van der Waals surface area (Å²) in [6.45, 7) is 0.465. The number of hydrogen-bond acceptors (Lipinski definition) is 5. The van der Waals surface area contributed by atoms with Gasteiger partial charge in [0.2, 0.25) is 0 Å². The van der Waals surface area contributed by atoms with E-state index in [1.54, 1.807) is 35.1 Å². The van der Waals surface area contributed by atoms with Gasteiger partial charge in [0.1, 0.15) is 0 Å². The maximum atomic E-state index is 11.7. The second-order valence-electron chi connectivity index (χ2n) is 5.80. The van der Waals surface area contributed by atoms with E-state index in [2.05, 4.69) is 10.3 Å². The Kier molecular flexibility index (Phi) is 4.16. The summed E-state index contributed by atoms with van der Waals surface area (Å²) >= 11 is 0. The summed E-state index contributed by atoms with van der Waals surface area (Å²) in [6, 6.07) is 6.55. The third kappa shape index (κ3) is 3.76. The van der Waals surface area contributed by atoms with Crippen LogP contribution >= 0.6 is 0 Å². The lowest BCUT2D eigenvalue weighted by molar-refractivity contribution is 0.0697. The normalized spacial score (nSPS) is 20.3. The summed E-state index contributed by atoms with van der Waals surface area (Å²) < 4.78 is 25.1. The van der Waals surface area contributed by atoms with Crippen molar-refractivity contribution in [3.63, 3.8) is 0 Å². The smallest absolute Gasteiger partial charge is 0.335 e. The fourth-order valence-corrected chi connectivity index (χ4v) is 4.50. The van der Waals surface area contributed by atoms with Crippen molar-refractivity contribution in [2.75, 3.05) is 11.5 Å². The van der Waals surface area contributed by atoms with E-state index in [9.17, 15) is 13.2 Å². The van der Waals surface area contributed by atoms with Gasteiger partial charge in [-0.3, -0.25) is 0 Å². The van der Waals surface area contributed by atoms with E-state index < -0.39 is 15.8 Å². The predicted molar refractivity (Wildman–Crippen MR) is 83.2 cm³/mol. The molecule has 1 aliphatic heterocycles. The molecular weight excluding hydrogens is 318 g/mol. The first-order chi connectivity index (χ1) is 10.9. The van der Waals surface area contributed by atoms with Gasteiger partial charge in [0.05, 0.1) is 29.3 Å². The molecule has 2 aromatic rings. The average Bonchev–Trinajstić information content (AvgIpc) is 2.95. The van der Waals surface area contributed by atoms with E-state index in [0.29, 0.717) is 18.7 Å². The highest BCUT2D eigenvalue weighted by Gasteiger charge is 2.27. The van der Waals surface area contributed by atoms with Crippen LogP contribution in [0.2, 0.25) is 0 Å². The van der Waals surface area contributed by atoms with Gasteiger partial charge in [-0.05, 0) is 30.5 Å². The number of carboxylic acid groups (broad SMARTS) is 1. The Morgan fingerprint density at radius 3 is 2.70 bits per heavy atom. The molecule has 3 rings (SSSR count). The maximum absolute atomic E-state index is 11.7. The minimum absolute atomic E-state index is 0.0862. The number of nitrogens with zero attached hydrogens (tertiary/aromatic N) is 3. The Bertz CT molecular complexity index is 812. The van der Waals surface area contributed by atoms with Gasteiger partial charge in [0.25, 0.3) is 0 Å². The van der Waals surface area contributed by atoms with Gasteiger partial charge in [-0.15, -0.1) is 5.10 Å². The van der Waals surface area contributed by atoms with Crippen LogP contribution < -0.4 is 0 Å². The number of carboxylic acids is 1. The van der Waals surface area contributed by atoms with Crippen molar-refractivity contribution in [1.29, 1.82) is 0 Å². The zero-order valence-electron chi connectivity index (χ0n) is 12.4. The van der Waals surface area contributed by atoms with Crippen LogP contribution in [0.4, 0.5) is 0 Å². The first-order valence-electron chi connectivity index (χ1n) is 7.36. The molecule has 1 unspecified atom stereocenters. The third-order valence-corrected chi connectivity index (χ3v) is 5.80. The topological polar surface area (TPSA) is 102 Å². The minimum atomic E-state index is -2.98. The summed E-state index contributed by atoms with van der Waals surface area (Å²) in [5, 5.41) is 17.0. The largest absolute Gasteiger partial charge is 0.478 e. The van der Waals surface area contributed by atoms with E-state index in [1.807, 2.05) is 0 Å². The Labute approximate surface area is 133 Å². The second kappa shape index (κ2) is 6.11. The summed E-state index contributed by atoms with van der Waals surface area (Å²) in [5.74, 6) is -0.651. The molecule has 0 spiro atoms. The highest BCUT2D eigenvalue weighted by atomic mass is 32.2. The van der Waals surface area contributed by atoms with E-state index in [1.165, 1.54) is 0 Å². The summed E-state index contributed by atoms with van der Waals surface area (Å²) in [7, 11) is -2.98. The molecular formula is C15H17N3O4S. The second-order valence-corrected chi connectivity index (χ2v) is 8.03. The molecule has 7 nitrogen and oxygen atoms in total. The molecule has 1 aromatic carbocycles. The van der Waals surface area contributed by atoms with Gasteiger partial charge in [-0.1, -0.05) is 17.3 Å². The van der Waals surface area contributed by atoms with Crippen LogP contribution in [0, 0.1) is 0 Å². The zero-order chi connectivity index (χ0) is 16.4. The summed E-state index contributed by atoms with van der Waals surface area (Å²) in [5.41, 5.74) is 1.85. The zero-order valence-corrected chi connectivity index (χ0v) is 13.2. The van der Waals surface area contributed by atoms with Crippen molar-refractivity contribution in [2.24, 2.45) is 0 Å². The van der Waals surface area contributed by atoms with Crippen molar-refractivity contribution >= 4 is 15.8 Å². The van der Waals surface area contributed by atoms with Crippen molar-refractivity contribution < 1.29 is 18.3 Å². The van der Waals surface area contributed by atoms with Crippen LogP contribution in [0.3, 0.4) is 0 Å². The van der Waals surface area contributed by atoms with Gasteiger partial charge in [0.15, 0.2) is 9.84 Å². The van der Waals surface area contributed by atoms with Crippen LogP contribution in [0.15, 0.2) is 30.5 Å². The number of benzene rings is 1. The first-order valence-corrected chi connectivity index (χ1v) is 9.18. The fraction of sp³-hybridized carbons (Fsp3) is 0.400. The van der Waals surface area contributed by atoms with Crippen molar-refractivity contribution in [3.05, 3.63) is 47.3 Å². The Balaban J connectivity index is 1.71. The molecule has 8 heteroatoms. The van der Waals surface area contributed by atoms with Gasteiger partial charge in [-0.25, -0.2) is 17.9 Å². The van der Waals surface area contributed by atoms with E-state index >= 15 is 0 Å². The molecule has 1 saturated heterocycles. The molecule has 0 aliphatic carbocycles. The van der Waals surface area contributed by atoms with Gasteiger partial charge < -0.3 is 5.11 Å². The van der Waals surface area contributed by atoms with Crippen LogP contribution in [-0.2, 0) is 16.4 Å². The fourth-order valence-electron chi connectivity index (χ4n) is 2.77. The van der Waals surface area contributed by atoms with E-state index in [-0.39, 0.29) is 23.0 Å². The van der Waals surface area contributed by atoms with Crippen molar-refractivity contribution in [3.8, 4) is 0 Å². The van der Waals surface area contributed by atoms with Crippen LogP contribution in [0.25, 0.3) is 0 Å². The molecule has 23 heavy (non-hydrogen) atoms.